The number of nitrogens with zero attached hydrogens (tertiary/aromatic N) is 3. The largest absolute Gasteiger partial charge is 0.508 e. The molecule has 3 aliphatic rings. The third-order valence-electron chi connectivity index (χ3n) is 12.2. The van der Waals surface area contributed by atoms with Crippen molar-refractivity contribution in [2.24, 2.45) is 22.2 Å². The Labute approximate surface area is 408 Å². The molecule has 1 aromatic rings. The van der Waals surface area contributed by atoms with E-state index in [1.54, 1.807) is 18.4 Å². The highest BCUT2D eigenvalue weighted by Gasteiger charge is 2.41. The van der Waals surface area contributed by atoms with Gasteiger partial charge in [0.1, 0.15) is 48.0 Å². The summed E-state index contributed by atoms with van der Waals surface area (Å²) in [5, 5.41) is 45.2. The van der Waals surface area contributed by atoms with Crippen LogP contribution < -0.4 is 49.1 Å². The zero-order valence-electron chi connectivity index (χ0n) is 39.1. The fourth-order valence-electron chi connectivity index (χ4n) is 8.53. The highest BCUT2D eigenvalue weighted by molar-refractivity contribution is 7.98. The van der Waals surface area contributed by atoms with Crippen molar-refractivity contribution < 1.29 is 63.3 Å². The maximum atomic E-state index is 14.3. The van der Waals surface area contributed by atoms with E-state index in [4.69, 9.17) is 17.2 Å². The van der Waals surface area contributed by atoms with E-state index >= 15 is 0 Å². The number of hydrogen-bond donors (Lipinski definition) is 12. The van der Waals surface area contributed by atoms with E-state index in [2.05, 4.69) is 36.9 Å². The van der Waals surface area contributed by atoms with Crippen molar-refractivity contribution in [1.29, 1.82) is 0 Å². The summed E-state index contributed by atoms with van der Waals surface area (Å²) in [6.45, 7) is 0.832. The van der Waals surface area contributed by atoms with Gasteiger partial charge in [-0.25, -0.2) is 4.79 Å². The summed E-state index contributed by atoms with van der Waals surface area (Å²) in [5.74, 6) is -9.07. The number of hydrogen-bond acceptors (Lipinski definition) is 14. The second kappa shape index (κ2) is 27.5. The molecule has 0 saturated carbocycles. The van der Waals surface area contributed by atoms with Crippen molar-refractivity contribution in [3.8, 4) is 5.75 Å². The van der Waals surface area contributed by atoms with Gasteiger partial charge in [0.15, 0.2) is 5.96 Å². The van der Waals surface area contributed by atoms with Gasteiger partial charge in [0.2, 0.25) is 47.3 Å². The minimum absolute atomic E-state index is 0.00264. The van der Waals surface area contributed by atoms with Crippen LogP contribution in [-0.2, 0) is 54.4 Å². The molecule has 4 rings (SSSR count). The molecule has 3 heterocycles. The number of aliphatic imine (C=N–C) groups is 1. The molecule has 3 fully saturated rings. The first-order valence-corrected chi connectivity index (χ1v) is 24.6. The van der Waals surface area contributed by atoms with Crippen LogP contribution in [0.2, 0.25) is 0 Å². The Hall–Kier alpha value is -6.70. The molecule has 0 aliphatic carbocycles. The van der Waals surface area contributed by atoms with Gasteiger partial charge in [-0.1, -0.05) is 12.1 Å². The standard InChI is InChI=1S/C44H66N12O13S/c1-70-21-16-29(41(66)56-20-5-9-33(56)43(68)69)52-39(64)30(23-35(59)60)53-37(62)27(7-3-18-49-44(46)47)50-38(63)28(14-15-34(45)58)51-40(65)32-8-4-19-55(32)42(67)31(22-24-10-12-25(57)13-11-24)54-36(61)26-6-2-17-48-26/h10-13,26-33,48,57H,2-9,14-23H2,1H3,(H2,45,58)(H,50,63)(H,51,65)(H,52,64)(H,53,62)(H,54,61)(H,59,60)(H,68,69)(H4,46,47,49)/t26-,27-,28-,29-,30-,31-,32-,33-/m0/s1. The number of amides is 8. The summed E-state index contributed by atoms with van der Waals surface area (Å²) in [7, 11) is 0. The monoisotopic (exact) mass is 1000 g/mol. The summed E-state index contributed by atoms with van der Waals surface area (Å²) in [4.78, 5) is 140. The van der Waals surface area contributed by atoms with Crippen LogP contribution in [0.1, 0.15) is 82.6 Å². The topological polar surface area (TPSA) is 400 Å². The molecule has 70 heavy (non-hydrogen) atoms. The summed E-state index contributed by atoms with van der Waals surface area (Å²) in [5.41, 5.74) is 17.0. The van der Waals surface area contributed by atoms with Crippen molar-refractivity contribution >= 4 is 76.9 Å². The lowest BCUT2D eigenvalue weighted by atomic mass is 10.0. The maximum absolute atomic E-state index is 14.3. The van der Waals surface area contributed by atoms with Gasteiger partial charge in [-0.3, -0.25) is 48.1 Å². The number of benzene rings is 1. The minimum Gasteiger partial charge on any atom is -0.508 e. The number of rotatable bonds is 27. The number of thioether (sulfide) groups is 1. The number of carboxylic acid groups (broad SMARTS) is 2. The van der Waals surface area contributed by atoms with Crippen LogP contribution >= 0.6 is 11.8 Å². The molecule has 0 unspecified atom stereocenters. The number of likely N-dealkylation sites (tertiary alicyclic amines) is 2. The summed E-state index contributed by atoms with van der Waals surface area (Å²) >= 11 is 1.34. The Morgan fingerprint density at radius 1 is 0.714 bits per heavy atom. The fourth-order valence-corrected chi connectivity index (χ4v) is 9.00. The van der Waals surface area contributed by atoms with E-state index in [9.17, 15) is 63.3 Å². The number of carbonyl (C=O) groups excluding carboxylic acids is 8. The van der Waals surface area contributed by atoms with Gasteiger partial charge in [0.05, 0.1) is 12.5 Å². The van der Waals surface area contributed by atoms with Crippen molar-refractivity contribution in [1.82, 2.24) is 41.7 Å². The predicted octanol–water partition coefficient (Wildman–Crippen LogP) is -3.28. The van der Waals surface area contributed by atoms with Crippen molar-refractivity contribution in [3.63, 3.8) is 0 Å². The average Bonchev–Trinajstić information content (AvgIpc) is 4.13. The number of aromatic hydroxyl groups is 1. The van der Waals surface area contributed by atoms with E-state index in [1.165, 1.54) is 28.8 Å². The first-order chi connectivity index (χ1) is 33.3. The zero-order chi connectivity index (χ0) is 51.5. The molecule has 0 aromatic heterocycles. The molecule has 26 heteroatoms. The molecular weight excluding hydrogens is 937 g/mol. The van der Waals surface area contributed by atoms with Crippen LogP contribution in [0.25, 0.3) is 0 Å². The maximum Gasteiger partial charge on any atom is 0.326 e. The van der Waals surface area contributed by atoms with Crippen molar-refractivity contribution in [2.75, 3.05) is 38.2 Å². The number of guanidine groups is 1. The number of carboxylic acids is 2. The Morgan fingerprint density at radius 2 is 1.29 bits per heavy atom. The smallest absolute Gasteiger partial charge is 0.326 e. The quantitative estimate of drug-likeness (QED) is 0.0234. The molecule has 0 spiro atoms. The first-order valence-electron chi connectivity index (χ1n) is 23.2. The van der Waals surface area contributed by atoms with E-state index in [-0.39, 0.29) is 76.3 Å². The third-order valence-corrected chi connectivity index (χ3v) is 12.8. The normalized spacial score (nSPS) is 19.6. The highest BCUT2D eigenvalue weighted by Crippen LogP contribution is 2.23. The molecule has 25 nitrogen and oxygen atoms in total. The number of phenolic OH excluding ortho intramolecular Hbond substituents is 1. The third kappa shape index (κ3) is 17.1. The average molecular weight is 1000 g/mol. The van der Waals surface area contributed by atoms with E-state index < -0.39 is 120 Å². The second-order valence-electron chi connectivity index (χ2n) is 17.4. The number of phenols is 1. The van der Waals surface area contributed by atoms with Crippen molar-refractivity contribution in [3.05, 3.63) is 29.8 Å². The van der Waals surface area contributed by atoms with Gasteiger partial charge >= 0.3 is 11.9 Å². The first kappa shape index (κ1) is 55.9. The van der Waals surface area contributed by atoms with Gasteiger partial charge in [-0.05, 0) is 100 Å². The Kier molecular flexibility index (Phi) is 21.9. The van der Waals surface area contributed by atoms with E-state index in [1.807, 2.05) is 0 Å². The van der Waals surface area contributed by atoms with E-state index in [0.29, 0.717) is 37.1 Å². The van der Waals surface area contributed by atoms with Crippen LogP contribution in [0.3, 0.4) is 0 Å². The van der Waals surface area contributed by atoms with Crippen LogP contribution in [0.15, 0.2) is 29.3 Å². The molecule has 386 valence electrons. The SMILES string of the molecule is CSCC[C@H](NC(=O)[C@H](CC(=O)O)NC(=O)[C@H](CCCN=C(N)N)NC(=O)[C@H](CCC(N)=O)NC(=O)[C@@H]1CCCN1C(=O)[C@H](Cc1ccc(O)cc1)NC(=O)[C@@H]1CCCN1)C(=O)N1CCC[C@H]1C(=O)O. The van der Waals surface area contributed by atoms with E-state index in [0.717, 1.165) is 11.3 Å². The molecular formula is C44H66N12O13S. The van der Waals surface area contributed by atoms with Gasteiger partial charge < -0.3 is 74.2 Å². The van der Waals surface area contributed by atoms with Crippen LogP contribution in [0.5, 0.6) is 5.75 Å². The molecule has 15 N–H and O–H groups in total. The van der Waals surface area contributed by atoms with Crippen LogP contribution in [-0.4, -0.2) is 177 Å². The van der Waals surface area contributed by atoms with Crippen molar-refractivity contribution in [2.45, 2.75) is 132 Å². The Bertz CT molecular complexity index is 2090. The van der Waals surface area contributed by atoms with Crippen LogP contribution in [0.4, 0.5) is 0 Å². The molecule has 8 atom stereocenters. The molecule has 0 radical (unpaired) electrons. The highest BCUT2D eigenvalue weighted by atomic mass is 32.2. The second-order valence-corrected chi connectivity index (χ2v) is 18.4. The number of primary amides is 1. The lowest BCUT2D eigenvalue weighted by Crippen LogP contribution is -2.60. The summed E-state index contributed by atoms with van der Waals surface area (Å²) in [6, 6.07) is -4.00. The van der Waals surface area contributed by atoms with Gasteiger partial charge in [0.25, 0.3) is 0 Å². The fraction of sp³-hybridized carbons (Fsp3) is 0.614. The lowest BCUT2D eigenvalue weighted by Gasteiger charge is -2.31. The van der Waals surface area contributed by atoms with Gasteiger partial charge in [-0.15, -0.1) is 0 Å². The minimum atomic E-state index is -1.81. The summed E-state index contributed by atoms with van der Waals surface area (Å²) < 4.78 is 0. The molecule has 1 aromatic carbocycles. The molecule has 8 amide bonds. The number of carbonyl (C=O) groups is 10. The predicted molar refractivity (Wildman–Crippen MR) is 253 cm³/mol. The van der Waals surface area contributed by atoms with Crippen LogP contribution in [0, 0.1) is 0 Å². The Morgan fingerprint density at radius 3 is 1.87 bits per heavy atom. The number of nitrogens with two attached hydrogens (primary N) is 3. The molecule has 0 bridgehead atoms. The Balaban J connectivity index is 1.55. The van der Waals surface area contributed by atoms with Gasteiger partial charge in [-0.2, -0.15) is 11.8 Å². The lowest BCUT2D eigenvalue weighted by molar-refractivity contribution is -0.149. The van der Waals surface area contributed by atoms with Gasteiger partial charge in [0, 0.05) is 32.5 Å². The number of nitrogens with one attached hydrogen (secondary N) is 6. The summed E-state index contributed by atoms with van der Waals surface area (Å²) in [6.07, 6.45) is 2.40. The molecule has 3 aliphatic heterocycles. The number of aliphatic carboxylic acids is 2. The zero-order valence-corrected chi connectivity index (χ0v) is 39.9. The molecule has 3 saturated heterocycles.